The maximum atomic E-state index is 14.9. The van der Waals surface area contributed by atoms with Gasteiger partial charge in [-0.3, -0.25) is 0 Å². The molecule has 0 aliphatic heterocycles. The highest BCUT2D eigenvalue weighted by Gasteiger charge is 2.82. The van der Waals surface area contributed by atoms with Crippen LogP contribution in [0.5, 0.6) is 0 Å². The van der Waals surface area contributed by atoms with Crippen molar-refractivity contribution < 1.29 is 44.1 Å². The van der Waals surface area contributed by atoms with Crippen LogP contribution in [0.2, 0.25) is 0 Å². The van der Waals surface area contributed by atoms with Gasteiger partial charge in [-0.2, -0.15) is 39.5 Å². The molecule has 0 saturated heterocycles. The minimum absolute atomic E-state index is 0.00652. The van der Waals surface area contributed by atoms with Gasteiger partial charge in [0.25, 0.3) is 0 Å². The maximum Gasteiger partial charge on any atom is 0.460 e. The van der Waals surface area contributed by atoms with Crippen LogP contribution >= 0.6 is 29.7 Å². The molecule has 1 unspecified atom stereocenters. The van der Waals surface area contributed by atoms with Gasteiger partial charge in [0.1, 0.15) is 7.14 Å². The van der Waals surface area contributed by atoms with Crippen molar-refractivity contribution in [3.05, 3.63) is 60.7 Å². The normalized spacial score (nSPS) is 15.7. The highest BCUT2D eigenvalue weighted by atomic mass is 127. The Morgan fingerprint density at radius 2 is 1.15 bits per heavy atom. The van der Waals surface area contributed by atoms with Gasteiger partial charge < -0.3 is 4.57 Å². The van der Waals surface area contributed by atoms with Gasteiger partial charge in [-0.1, -0.05) is 90.2 Å². The van der Waals surface area contributed by atoms with Crippen LogP contribution in [0.15, 0.2) is 60.7 Å². The topological polar surface area (TPSA) is 17.1 Å². The van der Waals surface area contributed by atoms with E-state index in [-0.39, 0.29) is 15.0 Å². The summed E-state index contributed by atoms with van der Waals surface area (Å²) in [6.07, 6.45) is -9.89. The Morgan fingerprint density at radius 1 is 0.735 bits per heavy atom. The Morgan fingerprint density at radius 3 is 1.47 bits per heavy atom. The van der Waals surface area contributed by atoms with E-state index in [9.17, 15) is 44.1 Å². The number of rotatable bonds is 10. The zero-order valence-electron chi connectivity index (χ0n) is 17.7. The summed E-state index contributed by atoms with van der Waals surface area (Å²) in [5.74, 6) is -19.6. The number of benzene rings is 2. The molecule has 0 fully saturated rings. The molecule has 0 amide bonds. The average molecular weight is 630 g/mol. The zero-order valence-corrected chi connectivity index (χ0v) is 20.8. The third kappa shape index (κ3) is 4.75. The Balaban J connectivity index is 2.81. The molecule has 0 aromatic heterocycles. The second-order valence-corrected chi connectivity index (χ2v) is 12.1. The Bertz CT molecular complexity index is 953. The van der Waals surface area contributed by atoms with Crippen LogP contribution in [0.25, 0.3) is 0 Å². The van der Waals surface area contributed by atoms with Gasteiger partial charge in [-0.25, -0.2) is 0 Å². The Kier molecular flexibility index (Phi) is 8.55. The van der Waals surface area contributed by atoms with Crippen molar-refractivity contribution in [2.24, 2.45) is 0 Å². The molecule has 0 aliphatic carbocycles. The third-order valence-corrected chi connectivity index (χ3v) is 10.5. The van der Waals surface area contributed by atoms with Gasteiger partial charge >= 0.3 is 23.9 Å². The van der Waals surface area contributed by atoms with Crippen LogP contribution in [0.4, 0.5) is 39.5 Å². The minimum atomic E-state index is -7.00. The van der Waals surface area contributed by atoms with Gasteiger partial charge in [0.2, 0.25) is 0 Å². The van der Waals surface area contributed by atoms with Gasteiger partial charge in [0, 0.05) is 26.6 Å². The van der Waals surface area contributed by atoms with Crippen molar-refractivity contribution in [3.8, 4) is 0 Å². The summed E-state index contributed by atoms with van der Waals surface area (Å²) in [5, 5.41) is -2.23. The summed E-state index contributed by atoms with van der Waals surface area (Å²) in [5.41, 5.74) is 0. The summed E-state index contributed by atoms with van der Waals surface area (Å²) in [6.45, 7) is 1.28. The van der Waals surface area contributed by atoms with Gasteiger partial charge in [-0.05, 0) is 12.8 Å². The maximum absolute atomic E-state index is 14.9. The monoisotopic (exact) mass is 630 g/mol. The molecule has 2 aromatic carbocycles. The Labute approximate surface area is 204 Å². The van der Waals surface area contributed by atoms with Gasteiger partial charge in [0.15, 0.2) is 0 Å². The first kappa shape index (κ1) is 29.0. The first-order valence-corrected chi connectivity index (χ1v) is 13.2. The van der Waals surface area contributed by atoms with E-state index < -0.39 is 55.5 Å². The second-order valence-electron chi connectivity index (χ2n) is 7.83. The van der Waals surface area contributed by atoms with E-state index in [1.807, 2.05) is 0 Å². The third-order valence-electron chi connectivity index (χ3n) is 5.89. The molecule has 2 aromatic rings. The van der Waals surface area contributed by atoms with Crippen LogP contribution in [0.1, 0.15) is 26.2 Å². The van der Waals surface area contributed by atoms with E-state index in [1.165, 1.54) is 67.6 Å². The number of halogens is 10. The molecule has 1 atom stereocenters. The summed E-state index contributed by atoms with van der Waals surface area (Å²) in [7, 11) is -4.28. The van der Waals surface area contributed by atoms with Crippen LogP contribution < -0.4 is 10.6 Å². The van der Waals surface area contributed by atoms with Crippen LogP contribution in [0.3, 0.4) is 0 Å². The van der Waals surface area contributed by atoms with Crippen molar-refractivity contribution in [2.45, 2.75) is 55.3 Å². The second kappa shape index (κ2) is 10.0. The fraction of sp³-hybridized carbons (Fsp3) is 0.455. The first-order chi connectivity index (χ1) is 15.5. The predicted octanol–water partition coefficient (Wildman–Crippen LogP) is 7.83. The van der Waals surface area contributed by atoms with Crippen molar-refractivity contribution >= 4 is 40.3 Å². The zero-order chi connectivity index (χ0) is 26.1. The standard InChI is InChI=1S/C22H21F9IOP/c1-2-18(13-14-32,15-19(23,24)20(25,26)21(27,28)22(29,30)31)34(33,16-9-5-3-6-10-16)17-11-7-4-8-12-17/h3-12H,2,13-15H2,1H3. The van der Waals surface area contributed by atoms with Crippen LogP contribution in [-0.4, -0.2) is 33.5 Å². The molecule has 0 saturated carbocycles. The molecule has 1 nitrogen and oxygen atoms in total. The molecule has 0 spiro atoms. The van der Waals surface area contributed by atoms with E-state index in [2.05, 4.69) is 0 Å². The number of alkyl halides is 10. The average Bonchev–Trinajstić information content (AvgIpc) is 2.78. The minimum Gasteiger partial charge on any atom is -0.313 e. The van der Waals surface area contributed by atoms with E-state index in [4.69, 9.17) is 0 Å². The smallest absolute Gasteiger partial charge is 0.313 e. The van der Waals surface area contributed by atoms with E-state index >= 15 is 0 Å². The SMILES string of the molecule is CCC(CCI)(CC(F)(F)C(F)(F)C(F)(F)C(F)(F)F)P(=O)(c1ccccc1)c1ccccc1. The molecule has 0 heterocycles. The molecular weight excluding hydrogens is 609 g/mol. The lowest BCUT2D eigenvalue weighted by Gasteiger charge is -2.44. The molecule has 0 radical (unpaired) electrons. The fourth-order valence-electron chi connectivity index (χ4n) is 3.96. The molecule has 34 heavy (non-hydrogen) atoms. The molecule has 190 valence electrons. The van der Waals surface area contributed by atoms with Crippen molar-refractivity contribution in [1.29, 1.82) is 0 Å². The fourth-order valence-corrected chi connectivity index (χ4v) is 9.29. The summed E-state index contributed by atoms with van der Waals surface area (Å²) >= 11 is 1.73. The summed E-state index contributed by atoms with van der Waals surface area (Å²) < 4.78 is 138. The predicted molar refractivity (Wildman–Crippen MR) is 122 cm³/mol. The summed E-state index contributed by atoms with van der Waals surface area (Å²) in [4.78, 5) is 0. The van der Waals surface area contributed by atoms with Crippen molar-refractivity contribution in [3.63, 3.8) is 0 Å². The molecule has 12 heteroatoms. The molecular formula is C22H21F9IOP. The van der Waals surface area contributed by atoms with Crippen molar-refractivity contribution in [2.75, 3.05) is 4.43 Å². The highest BCUT2D eigenvalue weighted by molar-refractivity contribution is 14.1. The first-order valence-electron chi connectivity index (χ1n) is 10.0. The van der Waals surface area contributed by atoms with E-state index in [1.54, 1.807) is 22.6 Å². The quantitative estimate of drug-likeness (QED) is 0.113. The summed E-state index contributed by atoms with van der Waals surface area (Å²) in [6, 6.07) is 14.2. The largest absolute Gasteiger partial charge is 0.460 e. The number of hydrogen-bond acceptors (Lipinski definition) is 1. The Hall–Kier alpha value is -1.23. The molecule has 0 N–H and O–H groups in total. The number of hydrogen-bond donors (Lipinski definition) is 0. The van der Waals surface area contributed by atoms with E-state index in [0.717, 1.165) is 0 Å². The van der Waals surface area contributed by atoms with Crippen molar-refractivity contribution in [1.82, 2.24) is 0 Å². The van der Waals surface area contributed by atoms with Gasteiger partial charge in [0.05, 0.1) is 0 Å². The van der Waals surface area contributed by atoms with Gasteiger partial charge in [-0.15, -0.1) is 0 Å². The highest BCUT2D eigenvalue weighted by Crippen LogP contribution is 2.65. The lowest BCUT2D eigenvalue weighted by atomic mass is 9.89. The lowest BCUT2D eigenvalue weighted by molar-refractivity contribution is -0.397. The molecule has 0 aliphatic rings. The lowest BCUT2D eigenvalue weighted by Crippen LogP contribution is -2.62. The van der Waals surface area contributed by atoms with E-state index in [0.29, 0.717) is 0 Å². The molecule has 0 bridgehead atoms. The molecule has 2 rings (SSSR count). The van der Waals surface area contributed by atoms with Crippen LogP contribution in [-0.2, 0) is 4.57 Å². The van der Waals surface area contributed by atoms with Crippen LogP contribution in [0, 0.1) is 0 Å².